The van der Waals surface area contributed by atoms with Gasteiger partial charge in [-0.25, -0.2) is 4.57 Å². The first-order valence-electron chi connectivity index (χ1n) is 0.783. The molecule has 0 aliphatic carbocycles. The molecule has 0 aliphatic rings. The fraction of sp³-hybridized carbons (Fsp3) is 0. The second kappa shape index (κ2) is 36.0. The molecule has 0 atom stereocenters. The standard InChI is InChI=1S/Al.La.2Li.Nb.H3O4P.H2O.Ti.Zr.5H/c;;;;;1-5(2,3)4;;;;;;;;/h;;;;;(H3,1,2,3,4);1H2;;;;;;;/q;;2*+1;;;;;;;;;2*-1. The topological polar surface area (TPSA) is 109 Å². The van der Waals surface area contributed by atoms with Gasteiger partial charge in [-0.15, -0.1) is 0 Å². The Morgan fingerprint density at radius 3 is 1.08 bits per heavy atom. The second-order valence-electron chi connectivity index (χ2n) is 0.513. The minimum absolute atomic E-state index is 0. The van der Waals surface area contributed by atoms with Crippen LogP contribution in [0.1, 0.15) is 2.85 Å². The van der Waals surface area contributed by atoms with Crippen molar-refractivity contribution in [3.8, 4) is 0 Å². The van der Waals surface area contributed by atoms with Crippen LogP contribution in [-0.4, -0.2) is 37.5 Å². The van der Waals surface area contributed by atoms with E-state index in [-0.39, 0.29) is 169 Å². The van der Waals surface area contributed by atoms with Crippen LogP contribution in [0.3, 0.4) is 0 Å². The predicted molar refractivity (Wildman–Crippen MR) is 30.0 cm³/mol. The summed E-state index contributed by atoms with van der Waals surface area (Å²) < 4.78 is 8.88. The van der Waals surface area contributed by atoms with Gasteiger partial charge in [-0.05, 0) is 0 Å². The average molecular weight is 533 g/mol. The summed E-state index contributed by atoms with van der Waals surface area (Å²) in [6, 6.07) is 0. The SMILES string of the molecule is O.O=P(O)(O)O.[AlH3].[H-].[H-].[La].[Li+].[Li+].[Nb].[Ti].[Zr]. The molecular formula is H10AlLaLi2NbO5PTiZr. The van der Waals surface area contributed by atoms with Crippen LogP contribution in [0.2, 0.25) is 0 Å². The summed E-state index contributed by atoms with van der Waals surface area (Å²) in [5, 5.41) is 0. The summed E-state index contributed by atoms with van der Waals surface area (Å²) in [5.74, 6) is 0. The van der Waals surface area contributed by atoms with Gasteiger partial charge >= 0.3 is 45.5 Å². The van der Waals surface area contributed by atoms with Gasteiger partial charge in [-0.1, -0.05) is 0 Å². The molecular weight excluding hydrogens is 523 g/mol. The molecule has 2 radical (unpaired) electrons. The Labute approximate surface area is 192 Å². The molecule has 0 aromatic heterocycles. The van der Waals surface area contributed by atoms with E-state index in [4.69, 9.17) is 19.2 Å². The zero-order valence-electron chi connectivity index (χ0n) is 8.72. The molecule has 0 rings (SSSR count). The third kappa shape index (κ3) is 143. The molecule has 0 bridgehead atoms. The second-order valence-corrected chi connectivity index (χ2v) is 1.54. The molecule has 0 heterocycles. The van der Waals surface area contributed by atoms with Crippen LogP contribution in [0.5, 0.6) is 0 Å². The summed E-state index contributed by atoms with van der Waals surface area (Å²) >= 11 is 0. The van der Waals surface area contributed by atoms with Crippen molar-refractivity contribution in [2.45, 2.75) is 0 Å². The van der Waals surface area contributed by atoms with Crippen LogP contribution < -0.4 is 37.7 Å². The van der Waals surface area contributed by atoms with Crippen molar-refractivity contribution in [3.05, 3.63) is 0 Å². The van der Waals surface area contributed by atoms with Gasteiger partial charge < -0.3 is 23.0 Å². The first kappa shape index (κ1) is 63.2. The summed E-state index contributed by atoms with van der Waals surface area (Å²) in [6.45, 7) is 0. The predicted octanol–water partition coefficient (Wildman–Crippen LogP) is -8.71. The summed E-state index contributed by atoms with van der Waals surface area (Å²) in [5.41, 5.74) is 0. The normalized spacial score (nSPS) is 4.54. The van der Waals surface area contributed by atoms with Crippen molar-refractivity contribution in [1.82, 2.24) is 0 Å². The van der Waals surface area contributed by atoms with Gasteiger partial charge in [0.15, 0.2) is 17.4 Å². The number of rotatable bonds is 0. The van der Waals surface area contributed by atoms with Crippen molar-refractivity contribution in [2.75, 3.05) is 0 Å². The van der Waals surface area contributed by atoms with Gasteiger partial charge in [0.05, 0.1) is 0 Å². The van der Waals surface area contributed by atoms with E-state index in [2.05, 4.69) is 0 Å². The fourth-order valence-corrected chi connectivity index (χ4v) is 0. The Balaban J connectivity index is -0.00000000178. The maximum atomic E-state index is 8.88. The third-order valence-electron chi connectivity index (χ3n) is 0. The maximum Gasteiger partial charge on any atom is 1.00 e. The summed E-state index contributed by atoms with van der Waals surface area (Å²) in [4.78, 5) is 21.6. The molecule has 0 unspecified atom stereocenters. The van der Waals surface area contributed by atoms with Gasteiger partial charge in [0.1, 0.15) is 0 Å². The first-order chi connectivity index (χ1) is 2.00. The zero-order chi connectivity index (χ0) is 4.50. The molecule has 0 saturated carbocycles. The summed E-state index contributed by atoms with van der Waals surface area (Å²) in [6.07, 6.45) is 0. The van der Waals surface area contributed by atoms with E-state index in [0.29, 0.717) is 0 Å². The Hall–Kier alpha value is 5.33. The Kier molecular flexibility index (Phi) is 175. The molecule has 0 fully saturated rings. The maximum absolute atomic E-state index is 8.88. The van der Waals surface area contributed by atoms with E-state index in [1.807, 2.05) is 0 Å². The molecule has 0 aliphatic heterocycles. The van der Waals surface area contributed by atoms with Crippen LogP contribution in [0.15, 0.2) is 0 Å². The summed E-state index contributed by atoms with van der Waals surface area (Å²) in [7, 11) is -4.64. The first-order valence-corrected chi connectivity index (χ1v) is 2.35. The van der Waals surface area contributed by atoms with Crippen molar-refractivity contribution in [2.24, 2.45) is 0 Å². The molecule has 0 spiro atoms. The quantitative estimate of drug-likeness (QED) is 0.213. The Morgan fingerprint density at radius 1 is 1.08 bits per heavy atom. The Bertz CT molecular complexity index is 89.2. The average Bonchev–Trinajstić information content (AvgIpc) is 0.722. The molecule has 66 valence electrons. The van der Waals surface area contributed by atoms with Gasteiger partial charge in [0.2, 0.25) is 0 Å². The van der Waals surface area contributed by atoms with Crippen molar-refractivity contribution < 1.29 is 171 Å². The minimum atomic E-state index is -4.64. The molecule has 0 amide bonds. The van der Waals surface area contributed by atoms with Gasteiger partial charge in [0, 0.05) is 106 Å². The van der Waals surface area contributed by atoms with Gasteiger partial charge in [0.25, 0.3) is 0 Å². The van der Waals surface area contributed by atoms with Gasteiger partial charge in [-0.3, -0.25) is 0 Å². The van der Waals surface area contributed by atoms with Crippen molar-refractivity contribution >= 4 is 25.2 Å². The molecule has 5 N–H and O–H groups in total. The van der Waals surface area contributed by atoms with Crippen LogP contribution in [0.25, 0.3) is 0 Å². The molecule has 0 saturated heterocycles. The Morgan fingerprint density at radius 2 is 1.08 bits per heavy atom. The van der Waals surface area contributed by atoms with E-state index in [9.17, 15) is 0 Å². The minimum Gasteiger partial charge on any atom is -1.00 e. The van der Waals surface area contributed by atoms with E-state index in [1.54, 1.807) is 0 Å². The fourth-order valence-electron chi connectivity index (χ4n) is 0. The van der Waals surface area contributed by atoms with E-state index in [1.165, 1.54) is 0 Å². The van der Waals surface area contributed by atoms with Crippen molar-refractivity contribution in [3.63, 3.8) is 0 Å². The third-order valence-corrected chi connectivity index (χ3v) is 0. The molecule has 13 heavy (non-hydrogen) atoms. The smallest absolute Gasteiger partial charge is 1.00 e. The molecule has 0 aromatic carbocycles. The van der Waals surface area contributed by atoms with E-state index >= 15 is 0 Å². The number of hydrogen-bond donors (Lipinski definition) is 3. The van der Waals surface area contributed by atoms with Crippen LogP contribution >= 0.6 is 7.82 Å². The molecule has 13 heteroatoms. The van der Waals surface area contributed by atoms with E-state index in [0.717, 1.165) is 0 Å². The molecule has 0 aromatic rings. The van der Waals surface area contributed by atoms with Gasteiger partial charge in [-0.2, -0.15) is 0 Å². The monoisotopic (exact) mass is 532 g/mol. The van der Waals surface area contributed by atoms with E-state index < -0.39 is 7.82 Å². The largest absolute Gasteiger partial charge is 1.00 e. The van der Waals surface area contributed by atoms with Crippen LogP contribution in [0.4, 0.5) is 0 Å². The van der Waals surface area contributed by atoms with Crippen molar-refractivity contribution in [1.29, 1.82) is 0 Å². The van der Waals surface area contributed by atoms with Crippen LogP contribution in [0, 0.1) is 35.6 Å². The molecule has 5 nitrogen and oxygen atoms in total. The zero-order valence-corrected chi connectivity index (χ0v) is 17.5. The number of hydrogen-bond acceptors (Lipinski definition) is 1. The van der Waals surface area contributed by atoms with Crippen LogP contribution in [-0.2, 0) is 74.9 Å². The number of phosphoric acid groups is 1.